The van der Waals surface area contributed by atoms with Crippen molar-refractivity contribution in [1.82, 2.24) is 10.6 Å². The maximum atomic E-state index is 11.7. The van der Waals surface area contributed by atoms with E-state index < -0.39 is 0 Å². The largest absolute Gasteiger partial charge is 0.371 e. The molecule has 23 heavy (non-hydrogen) atoms. The highest BCUT2D eigenvalue weighted by Crippen LogP contribution is 2.27. The highest BCUT2D eigenvalue weighted by Gasteiger charge is 2.20. The Morgan fingerprint density at radius 2 is 2.00 bits per heavy atom. The molecule has 1 aromatic rings. The fourth-order valence-corrected chi connectivity index (χ4v) is 2.91. The second-order valence-electron chi connectivity index (χ2n) is 6.14. The van der Waals surface area contributed by atoms with Gasteiger partial charge in [-0.2, -0.15) is 0 Å². The van der Waals surface area contributed by atoms with E-state index in [4.69, 9.17) is 0 Å². The first-order chi connectivity index (χ1) is 10.3. The van der Waals surface area contributed by atoms with Crippen molar-refractivity contribution in [3.05, 3.63) is 29.8 Å². The molecule has 0 atom stereocenters. The zero-order chi connectivity index (χ0) is 14.5. The Labute approximate surface area is 151 Å². The molecule has 0 aromatic heterocycles. The monoisotopic (exact) mass is 359 g/mol. The summed E-state index contributed by atoms with van der Waals surface area (Å²) in [4.78, 5) is 14.1. The van der Waals surface area contributed by atoms with Crippen LogP contribution in [0.1, 0.15) is 24.8 Å². The van der Waals surface area contributed by atoms with Crippen LogP contribution in [0.15, 0.2) is 24.3 Å². The number of rotatable bonds is 8. The van der Waals surface area contributed by atoms with Gasteiger partial charge in [-0.1, -0.05) is 18.2 Å². The van der Waals surface area contributed by atoms with Crippen molar-refractivity contribution in [3.63, 3.8) is 0 Å². The van der Waals surface area contributed by atoms with E-state index in [-0.39, 0.29) is 30.7 Å². The third kappa shape index (κ3) is 6.21. The zero-order valence-electron chi connectivity index (χ0n) is 13.4. The topological polar surface area (TPSA) is 44.4 Å². The molecule has 130 valence electrons. The van der Waals surface area contributed by atoms with Crippen molar-refractivity contribution in [1.29, 1.82) is 0 Å². The molecule has 1 aliphatic carbocycles. The van der Waals surface area contributed by atoms with Crippen LogP contribution in [-0.4, -0.2) is 38.6 Å². The summed E-state index contributed by atoms with van der Waals surface area (Å²) in [5, 5.41) is 6.22. The Bertz CT molecular complexity index is 494. The molecule has 2 aliphatic rings. The van der Waals surface area contributed by atoms with Crippen LogP contribution in [0.3, 0.4) is 0 Å². The van der Waals surface area contributed by atoms with E-state index in [0.29, 0.717) is 6.54 Å². The number of hydrogen-bond acceptors (Lipinski definition) is 3. The second-order valence-corrected chi connectivity index (χ2v) is 6.14. The van der Waals surface area contributed by atoms with Gasteiger partial charge < -0.3 is 15.5 Å². The summed E-state index contributed by atoms with van der Waals surface area (Å²) < 4.78 is 0. The minimum atomic E-state index is 0. The van der Waals surface area contributed by atoms with E-state index >= 15 is 0 Å². The van der Waals surface area contributed by atoms with E-state index in [1.54, 1.807) is 0 Å². The van der Waals surface area contributed by atoms with Crippen LogP contribution in [-0.2, 0) is 11.2 Å². The third-order valence-electron chi connectivity index (χ3n) is 4.33. The van der Waals surface area contributed by atoms with Gasteiger partial charge in [0, 0.05) is 25.3 Å². The van der Waals surface area contributed by atoms with Crippen LogP contribution in [0, 0.1) is 5.92 Å². The molecule has 0 unspecified atom stereocenters. The van der Waals surface area contributed by atoms with Crippen molar-refractivity contribution in [2.75, 3.05) is 37.6 Å². The Kier molecular flexibility index (Phi) is 8.74. The molecule has 1 aliphatic heterocycles. The van der Waals surface area contributed by atoms with Crippen LogP contribution in [0.4, 0.5) is 5.69 Å². The molecule has 3 rings (SSSR count). The van der Waals surface area contributed by atoms with E-state index in [1.165, 1.54) is 24.1 Å². The molecule has 0 bridgehead atoms. The molecule has 2 N–H and O–H groups in total. The third-order valence-corrected chi connectivity index (χ3v) is 4.33. The number of amides is 1. The van der Waals surface area contributed by atoms with Crippen molar-refractivity contribution in [2.24, 2.45) is 5.92 Å². The van der Waals surface area contributed by atoms with Gasteiger partial charge in [-0.3, -0.25) is 4.79 Å². The lowest BCUT2D eigenvalue weighted by atomic mass is 10.2. The van der Waals surface area contributed by atoms with Gasteiger partial charge in [0.1, 0.15) is 0 Å². The Morgan fingerprint density at radius 3 is 2.78 bits per heavy atom. The van der Waals surface area contributed by atoms with Gasteiger partial charge in [0.25, 0.3) is 0 Å². The van der Waals surface area contributed by atoms with Crippen LogP contribution < -0.4 is 15.5 Å². The number of para-hydroxylation sites is 1. The Balaban J connectivity index is 0.00000132. The fourth-order valence-electron chi connectivity index (χ4n) is 2.91. The number of halogens is 2. The molecule has 1 saturated carbocycles. The van der Waals surface area contributed by atoms with Crippen LogP contribution in [0.25, 0.3) is 0 Å². The van der Waals surface area contributed by atoms with Gasteiger partial charge in [-0.05, 0) is 49.8 Å². The fraction of sp³-hybridized carbons (Fsp3) is 0.588. The molecular formula is C17H27Cl2N3O. The van der Waals surface area contributed by atoms with Crippen molar-refractivity contribution >= 4 is 36.4 Å². The zero-order valence-corrected chi connectivity index (χ0v) is 15.1. The molecule has 1 heterocycles. The number of carbonyl (C=O) groups is 1. The molecule has 6 heteroatoms. The summed E-state index contributed by atoms with van der Waals surface area (Å²) in [6.07, 6.45) is 4.80. The number of carbonyl (C=O) groups excluding carboxylic acids is 1. The molecule has 0 saturated heterocycles. The van der Waals surface area contributed by atoms with E-state index in [9.17, 15) is 4.79 Å². The lowest BCUT2D eigenvalue weighted by Gasteiger charge is -2.19. The Hall–Kier alpha value is -0.970. The predicted molar refractivity (Wildman–Crippen MR) is 100 cm³/mol. The van der Waals surface area contributed by atoms with Crippen LogP contribution >= 0.6 is 24.8 Å². The predicted octanol–water partition coefficient (Wildman–Crippen LogP) is 2.40. The number of hydrogen-bond donors (Lipinski definition) is 2. The maximum absolute atomic E-state index is 11.7. The summed E-state index contributed by atoms with van der Waals surface area (Å²) >= 11 is 0. The van der Waals surface area contributed by atoms with Gasteiger partial charge in [-0.15, -0.1) is 24.8 Å². The first kappa shape index (κ1) is 20.1. The van der Waals surface area contributed by atoms with Gasteiger partial charge in [0.15, 0.2) is 0 Å². The highest BCUT2D eigenvalue weighted by atomic mass is 35.5. The van der Waals surface area contributed by atoms with Gasteiger partial charge in [0.2, 0.25) is 5.91 Å². The van der Waals surface area contributed by atoms with E-state index in [2.05, 4.69) is 39.8 Å². The SMILES string of the molecule is Cl.Cl.O=C(CNCC1CC1)NCCCN1CCc2ccccc21. The number of nitrogens with zero attached hydrogens (tertiary/aromatic N) is 1. The smallest absolute Gasteiger partial charge is 0.233 e. The average molecular weight is 360 g/mol. The molecule has 4 nitrogen and oxygen atoms in total. The quantitative estimate of drug-likeness (QED) is 0.700. The summed E-state index contributed by atoms with van der Waals surface area (Å²) in [6.45, 7) is 4.35. The molecular weight excluding hydrogens is 333 g/mol. The second kappa shape index (κ2) is 10.0. The standard InChI is InChI=1S/C17H25N3O.2ClH/c21-17(13-18-12-14-6-7-14)19-9-3-10-20-11-8-15-4-1-2-5-16(15)20;;/h1-2,4-5,14,18H,3,6-13H2,(H,19,21);2*1H. The summed E-state index contributed by atoms with van der Waals surface area (Å²) in [5.41, 5.74) is 2.82. The summed E-state index contributed by atoms with van der Waals surface area (Å²) in [6, 6.07) is 8.62. The van der Waals surface area contributed by atoms with Crippen molar-refractivity contribution < 1.29 is 4.79 Å². The molecule has 0 radical (unpaired) electrons. The first-order valence-electron chi connectivity index (χ1n) is 8.13. The summed E-state index contributed by atoms with van der Waals surface area (Å²) in [5.74, 6) is 0.950. The number of fused-ring (bicyclic) bond motifs is 1. The molecule has 1 fully saturated rings. The van der Waals surface area contributed by atoms with Crippen LogP contribution in [0.2, 0.25) is 0 Å². The van der Waals surface area contributed by atoms with Crippen molar-refractivity contribution in [2.45, 2.75) is 25.7 Å². The van der Waals surface area contributed by atoms with E-state index in [0.717, 1.165) is 44.9 Å². The van der Waals surface area contributed by atoms with Crippen LogP contribution in [0.5, 0.6) is 0 Å². The Morgan fingerprint density at radius 1 is 1.22 bits per heavy atom. The molecule has 1 amide bonds. The lowest BCUT2D eigenvalue weighted by molar-refractivity contribution is -0.120. The van der Waals surface area contributed by atoms with Gasteiger partial charge in [-0.25, -0.2) is 0 Å². The minimum Gasteiger partial charge on any atom is -0.371 e. The van der Waals surface area contributed by atoms with Gasteiger partial charge >= 0.3 is 0 Å². The lowest BCUT2D eigenvalue weighted by Crippen LogP contribution is -2.36. The summed E-state index contributed by atoms with van der Waals surface area (Å²) in [7, 11) is 0. The molecule has 0 spiro atoms. The normalized spacial score (nSPS) is 15.4. The van der Waals surface area contributed by atoms with E-state index in [1.807, 2.05) is 0 Å². The number of benzene rings is 1. The highest BCUT2D eigenvalue weighted by molar-refractivity contribution is 5.85. The molecule has 1 aromatic carbocycles. The number of nitrogens with one attached hydrogen (secondary N) is 2. The van der Waals surface area contributed by atoms with Crippen molar-refractivity contribution in [3.8, 4) is 0 Å². The van der Waals surface area contributed by atoms with Gasteiger partial charge in [0.05, 0.1) is 6.54 Å². The number of anilines is 1. The average Bonchev–Trinajstić information content (AvgIpc) is 3.23. The first-order valence-corrected chi connectivity index (χ1v) is 8.13. The maximum Gasteiger partial charge on any atom is 0.233 e. The minimum absolute atomic E-state index is 0.